The molecule has 2 rings (SSSR count). The Morgan fingerprint density at radius 3 is 1.87 bits per heavy atom. The summed E-state index contributed by atoms with van der Waals surface area (Å²) >= 11 is 0. The Bertz CT molecular complexity index is 299. The normalized spacial score (nSPS) is 37.1. The molecule has 4 heteroatoms. The van der Waals surface area contributed by atoms with E-state index < -0.39 is 0 Å². The van der Waals surface area contributed by atoms with Crippen molar-refractivity contribution in [1.82, 2.24) is 0 Å². The van der Waals surface area contributed by atoms with Gasteiger partial charge in [-0.25, -0.2) is 19.6 Å². The molecule has 0 aromatic heterocycles. The lowest BCUT2D eigenvalue weighted by molar-refractivity contribution is 0.250. The van der Waals surface area contributed by atoms with Crippen LogP contribution in [0.3, 0.4) is 0 Å². The summed E-state index contributed by atoms with van der Waals surface area (Å²) in [6.45, 7) is 1.21. The van der Waals surface area contributed by atoms with Crippen LogP contribution in [0.25, 0.3) is 0 Å². The first-order valence-corrected chi connectivity index (χ1v) is 5.42. The molecular formula is C11H14N2O2. The molecule has 0 aromatic carbocycles. The molecule has 2 aliphatic rings. The molecule has 0 saturated heterocycles. The zero-order chi connectivity index (χ0) is 10.7. The van der Waals surface area contributed by atoms with Crippen molar-refractivity contribution in [3.05, 3.63) is 0 Å². The van der Waals surface area contributed by atoms with Gasteiger partial charge in [-0.15, -0.1) is 0 Å². The van der Waals surface area contributed by atoms with Crippen molar-refractivity contribution in [1.29, 1.82) is 0 Å². The van der Waals surface area contributed by atoms with E-state index in [2.05, 4.69) is 9.98 Å². The maximum Gasteiger partial charge on any atom is 0.234 e. The highest BCUT2D eigenvalue weighted by molar-refractivity contribution is 5.33. The molecule has 15 heavy (non-hydrogen) atoms. The molecule has 0 aliphatic heterocycles. The lowest BCUT2D eigenvalue weighted by atomic mass is 9.80. The van der Waals surface area contributed by atoms with Crippen LogP contribution in [0.1, 0.15) is 19.3 Å². The van der Waals surface area contributed by atoms with Gasteiger partial charge in [0.25, 0.3) is 0 Å². The number of isocyanates is 2. The molecule has 0 N–H and O–H groups in total. The molecular weight excluding hydrogens is 192 g/mol. The molecule has 0 radical (unpaired) electrons. The summed E-state index contributed by atoms with van der Waals surface area (Å²) in [5.41, 5.74) is 0. The van der Waals surface area contributed by atoms with Gasteiger partial charge in [-0.3, -0.25) is 0 Å². The van der Waals surface area contributed by atoms with Gasteiger partial charge >= 0.3 is 0 Å². The third-order valence-corrected chi connectivity index (χ3v) is 3.87. The van der Waals surface area contributed by atoms with E-state index in [1.165, 1.54) is 19.3 Å². The summed E-state index contributed by atoms with van der Waals surface area (Å²) in [5, 5.41) is 0. The smallest absolute Gasteiger partial charge is 0.211 e. The van der Waals surface area contributed by atoms with E-state index in [9.17, 15) is 9.59 Å². The van der Waals surface area contributed by atoms with Crippen LogP contribution in [0.4, 0.5) is 0 Å². The lowest BCUT2D eigenvalue weighted by Crippen LogP contribution is -2.24. The molecule has 2 aliphatic carbocycles. The maximum atomic E-state index is 10.1. The summed E-state index contributed by atoms with van der Waals surface area (Å²) in [6, 6.07) is 0. The SMILES string of the molecule is O=C=NC[C@H]1CC2CC1[C@@H](CN=C=O)C2. The molecule has 0 heterocycles. The molecule has 2 bridgehead atoms. The number of nitrogens with zero attached hydrogens (tertiary/aromatic N) is 2. The van der Waals surface area contributed by atoms with Gasteiger partial charge < -0.3 is 0 Å². The van der Waals surface area contributed by atoms with Crippen LogP contribution in [0, 0.1) is 23.7 Å². The van der Waals surface area contributed by atoms with E-state index >= 15 is 0 Å². The van der Waals surface area contributed by atoms with Gasteiger partial charge in [0, 0.05) is 0 Å². The van der Waals surface area contributed by atoms with Crippen molar-refractivity contribution in [2.75, 3.05) is 13.1 Å². The van der Waals surface area contributed by atoms with Crippen LogP contribution in [0.15, 0.2) is 9.98 Å². The van der Waals surface area contributed by atoms with Crippen molar-refractivity contribution in [3.63, 3.8) is 0 Å². The predicted octanol–water partition coefficient (Wildman–Crippen LogP) is 1.32. The van der Waals surface area contributed by atoms with E-state index in [1.54, 1.807) is 12.2 Å². The van der Waals surface area contributed by atoms with Gasteiger partial charge in [-0.2, -0.15) is 0 Å². The Balaban J connectivity index is 1.95. The molecule has 4 nitrogen and oxygen atoms in total. The summed E-state index contributed by atoms with van der Waals surface area (Å²) in [6.07, 6.45) is 6.78. The van der Waals surface area contributed by atoms with E-state index in [1.807, 2.05) is 0 Å². The minimum Gasteiger partial charge on any atom is -0.211 e. The van der Waals surface area contributed by atoms with Crippen LogP contribution in [0.2, 0.25) is 0 Å². The van der Waals surface area contributed by atoms with Crippen LogP contribution in [-0.2, 0) is 9.59 Å². The zero-order valence-corrected chi connectivity index (χ0v) is 8.56. The van der Waals surface area contributed by atoms with Crippen molar-refractivity contribution in [2.24, 2.45) is 33.7 Å². The van der Waals surface area contributed by atoms with Crippen LogP contribution in [-0.4, -0.2) is 25.2 Å². The average molecular weight is 206 g/mol. The summed E-state index contributed by atoms with van der Waals surface area (Å²) < 4.78 is 0. The standard InChI is InChI=1S/C11H14N2O2/c14-6-12-4-9-1-8-2-10(5-13-7-15)11(9)3-8/h8-11H,1-5H2/t8?,9-,10-,11?/m1/s1. The van der Waals surface area contributed by atoms with Crippen molar-refractivity contribution >= 4 is 12.2 Å². The van der Waals surface area contributed by atoms with Gasteiger partial charge in [-0.05, 0) is 42.9 Å². The molecule has 0 spiro atoms. The van der Waals surface area contributed by atoms with Gasteiger partial charge in [0.2, 0.25) is 12.2 Å². The third kappa shape index (κ3) is 2.06. The second kappa shape index (κ2) is 4.52. The Kier molecular flexibility index (Phi) is 3.10. The quantitative estimate of drug-likeness (QED) is 0.514. The summed E-state index contributed by atoms with van der Waals surface area (Å²) in [7, 11) is 0. The van der Waals surface area contributed by atoms with Crippen molar-refractivity contribution in [3.8, 4) is 0 Å². The van der Waals surface area contributed by atoms with E-state index in [0.29, 0.717) is 30.8 Å². The Hall–Kier alpha value is -1.24. The fraction of sp³-hybridized carbons (Fsp3) is 0.818. The molecule has 2 fully saturated rings. The average Bonchev–Trinajstić information content (AvgIpc) is 2.82. The highest BCUT2D eigenvalue weighted by Crippen LogP contribution is 2.51. The lowest BCUT2D eigenvalue weighted by Gasteiger charge is -2.26. The van der Waals surface area contributed by atoms with Crippen molar-refractivity contribution in [2.45, 2.75) is 19.3 Å². The van der Waals surface area contributed by atoms with Crippen molar-refractivity contribution < 1.29 is 9.59 Å². The molecule has 0 unspecified atom stereocenters. The molecule has 2 atom stereocenters. The first kappa shape index (κ1) is 10.3. The largest absolute Gasteiger partial charge is 0.234 e. The number of carbonyl (C=O) groups excluding carboxylic acids is 2. The summed E-state index contributed by atoms with van der Waals surface area (Å²) in [5.74, 6) is 2.38. The molecule has 80 valence electrons. The topological polar surface area (TPSA) is 58.9 Å². The first-order valence-electron chi connectivity index (χ1n) is 5.42. The fourth-order valence-corrected chi connectivity index (χ4v) is 3.38. The van der Waals surface area contributed by atoms with Crippen LogP contribution in [0.5, 0.6) is 0 Å². The number of fused-ring (bicyclic) bond motifs is 2. The van der Waals surface area contributed by atoms with Gasteiger partial charge in [0.05, 0.1) is 13.1 Å². The Morgan fingerprint density at radius 1 is 0.933 bits per heavy atom. The number of aliphatic imine (C=N–C) groups is 2. The van der Waals surface area contributed by atoms with E-state index in [-0.39, 0.29) is 0 Å². The second-order valence-electron chi connectivity index (χ2n) is 4.62. The first-order chi connectivity index (χ1) is 7.35. The second-order valence-corrected chi connectivity index (χ2v) is 4.62. The highest BCUT2D eigenvalue weighted by Gasteiger charge is 2.45. The minimum atomic E-state index is 0.511. The fourth-order valence-electron chi connectivity index (χ4n) is 3.38. The Morgan fingerprint density at radius 2 is 1.47 bits per heavy atom. The van der Waals surface area contributed by atoms with Crippen LogP contribution >= 0.6 is 0 Å². The summed E-state index contributed by atoms with van der Waals surface area (Å²) in [4.78, 5) is 27.5. The predicted molar refractivity (Wildman–Crippen MR) is 53.8 cm³/mol. The third-order valence-electron chi connectivity index (χ3n) is 3.87. The monoisotopic (exact) mass is 206 g/mol. The molecule has 0 amide bonds. The van der Waals surface area contributed by atoms with Gasteiger partial charge in [0.1, 0.15) is 0 Å². The number of hydrogen-bond acceptors (Lipinski definition) is 4. The van der Waals surface area contributed by atoms with E-state index in [0.717, 1.165) is 5.92 Å². The molecule has 2 saturated carbocycles. The number of hydrogen-bond donors (Lipinski definition) is 0. The van der Waals surface area contributed by atoms with E-state index in [4.69, 9.17) is 0 Å². The highest BCUT2D eigenvalue weighted by atomic mass is 16.1. The van der Waals surface area contributed by atoms with Crippen LogP contribution < -0.4 is 0 Å². The maximum absolute atomic E-state index is 10.1. The zero-order valence-electron chi connectivity index (χ0n) is 8.56. The van der Waals surface area contributed by atoms with Gasteiger partial charge in [0.15, 0.2) is 0 Å². The Labute approximate surface area is 88.5 Å². The van der Waals surface area contributed by atoms with Gasteiger partial charge in [-0.1, -0.05) is 0 Å². The number of rotatable bonds is 4. The molecule has 0 aromatic rings. The minimum absolute atomic E-state index is 0.511.